The lowest BCUT2D eigenvalue weighted by molar-refractivity contribution is -0.122. The highest BCUT2D eigenvalue weighted by Gasteiger charge is 2.22. The van der Waals surface area contributed by atoms with Crippen LogP contribution in [0.2, 0.25) is 0 Å². The van der Waals surface area contributed by atoms with E-state index in [4.69, 9.17) is 0 Å². The molecule has 0 saturated heterocycles. The number of nitrogens with zero attached hydrogens (tertiary/aromatic N) is 1. The van der Waals surface area contributed by atoms with Crippen molar-refractivity contribution in [3.05, 3.63) is 105 Å². The first-order valence-corrected chi connectivity index (χ1v) is 13.2. The molecular formula is C30H37F2N3O3. The lowest BCUT2D eigenvalue weighted by atomic mass is 10.00. The fraction of sp³-hybridized carbons (Fsp3) is 0.400. The minimum Gasteiger partial charge on any atom is -0.390 e. The summed E-state index contributed by atoms with van der Waals surface area (Å²) in [5.74, 6) is -1.85. The SMILES string of the molecule is CCCCn1ccc(CC(=O)N[C@@H](Cc2cc(F)cc(F)c2)[C@H](O)CNCc2cccc(CC)c2)cc1=O. The predicted molar refractivity (Wildman–Crippen MR) is 145 cm³/mol. The zero-order valence-corrected chi connectivity index (χ0v) is 22.1. The van der Waals surface area contributed by atoms with Crippen LogP contribution in [0, 0.1) is 11.6 Å². The molecule has 2 aromatic carbocycles. The van der Waals surface area contributed by atoms with E-state index in [1.54, 1.807) is 16.8 Å². The second-order valence-corrected chi connectivity index (χ2v) is 9.62. The maximum Gasteiger partial charge on any atom is 0.250 e. The van der Waals surface area contributed by atoms with Crippen molar-refractivity contribution in [2.45, 2.75) is 71.2 Å². The van der Waals surface area contributed by atoms with Gasteiger partial charge in [-0.3, -0.25) is 9.59 Å². The highest BCUT2D eigenvalue weighted by atomic mass is 19.1. The molecule has 0 saturated carbocycles. The number of aliphatic hydroxyl groups excluding tert-OH is 1. The maximum absolute atomic E-state index is 13.8. The van der Waals surface area contributed by atoms with Crippen LogP contribution in [0.5, 0.6) is 0 Å². The van der Waals surface area contributed by atoms with Gasteiger partial charge < -0.3 is 20.3 Å². The van der Waals surface area contributed by atoms with Gasteiger partial charge in [0.15, 0.2) is 0 Å². The first kappa shape index (κ1) is 29.2. The van der Waals surface area contributed by atoms with E-state index in [0.717, 1.165) is 30.9 Å². The van der Waals surface area contributed by atoms with E-state index >= 15 is 0 Å². The van der Waals surface area contributed by atoms with Crippen molar-refractivity contribution in [1.29, 1.82) is 0 Å². The van der Waals surface area contributed by atoms with Crippen LogP contribution in [-0.4, -0.2) is 34.3 Å². The molecule has 2 atom stereocenters. The Hall–Kier alpha value is -3.36. The molecule has 3 aromatic rings. The molecule has 0 aliphatic rings. The highest BCUT2D eigenvalue weighted by Crippen LogP contribution is 2.13. The molecule has 8 heteroatoms. The number of hydrogen-bond acceptors (Lipinski definition) is 4. The lowest BCUT2D eigenvalue weighted by Crippen LogP contribution is -2.49. The Bertz CT molecular complexity index is 1240. The van der Waals surface area contributed by atoms with Gasteiger partial charge in [-0.25, -0.2) is 8.78 Å². The number of hydrogen-bond donors (Lipinski definition) is 3. The highest BCUT2D eigenvalue weighted by molar-refractivity contribution is 5.78. The number of aromatic nitrogens is 1. The van der Waals surface area contributed by atoms with Gasteiger partial charge in [-0.2, -0.15) is 0 Å². The fourth-order valence-electron chi connectivity index (χ4n) is 4.35. The van der Waals surface area contributed by atoms with Crippen LogP contribution in [-0.2, 0) is 37.1 Å². The Morgan fingerprint density at radius 1 is 0.974 bits per heavy atom. The molecule has 204 valence electrons. The minimum atomic E-state index is -1.03. The summed E-state index contributed by atoms with van der Waals surface area (Å²) in [5, 5.41) is 17.0. The molecule has 3 rings (SSSR count). The largest absolute Gasteiger partial charge is 0.390 e. The molecule has 1 heterocycles. The Balaban J connectivity index is 1.67. The third-order valence-corrected chi connectivity index (χ3v) is 6.45. The Kier molecular flexibility index (Phi) is 11.2. The number of amides is 1. The van der Waals surface area contributed by atoms with Crippen LogP contribution in [0.1, 0.15) is 48.9 Å². The number of unbranched alkanes of at least 4 members (excludes halogenated alkanes) is 1. The zero-order chi connectivity index (χ0) is 27.5. The van der Waals surface area contributed by atoms with Crippen molar-refractivity contribution in [2.24, 2.45) is 0 Å². The average Bonchev–Trinajstić information content (AvgIpc) is 2.87. The van der Waals surface area contributed by atoms with Crippen LogP contribution < -0.4 is 16.2 Å². The van der Waals surface area contributed by atoms with Crippen molar-refractivity contribution in [3.8, 4) is 0 Å². The standard InChI is InChI=1S/C30H37F2N3O3/c1-3-5-10-35-11-9-22(17-30(35)38)16-29(37)34-27(15-24-13-25(31)18-26(32)14-24)28(36)20-33-19-23-8-6-7-21(4-2)12-23/h6-9,11-14,17-18,27-28,33,36H,3-5,10,15-16,19-20H2,1-2H3,(H,34,37)/t27-,28+/m0/s1. The van der Waals surface area contributed by atoms with Crippen molar-refractivity contribution >= 4 is 5.91 Å². The number of carbonyl (C=O) groups excluding carboxylic acids is 1. The van der Waals surface area contributed by atoms with Gasteiger partial charge in [0, 0.05) is 38.0 Å². The summed E-state index contributed by atoms with van der Waals surface area (Å²) >= 11 is 0. The molecule has 0 unspecified atom stereocenters. The summed E-state index contributed by atoms with van der Waals surface area (Å²) < 4.78 is 29.2. The quantitative estimate of drug-likeness (QED) is 0.298. The van der Waals surface area contributed by atoms with E-state index < -0.39 is 29.7 Å². The van der Waals surface area contributed by atoms with E-state index in [1.807, 2.05) is 19.1 Å². The van der Waals surface area contributed by atoms with Crippen molar-refractivity contribution in [1.82, 2.24) is 15.2 Å². The summed E-state index contributed by atoms with van der Waals surface area (Å²) in [7, 11) is 0. The summed E-state index contributed by atoms with van der Waals surface area (Å²) in [4.78, 5) is 25.2. The molecule has 6 nitrogen and oxygen atoms in total. The van der Waals surface area contributed by atoms with Crippen molar-refractivity contribution in [2.75, 3.05) is 6.54 Å². The minimum absolute atomic E-state index is 0.0349. The number of pyridine rings is 1. The summed E-state index contributed by atoms with van der Waals surface area (Å²) in [6.07, 6.45) is 3.41. The molecule has 1 aromatic heterocycles. The Morgan fingerprint density at radius 2 is 1.71 bits per heavy atom. The molecule has 38 heavy (non-hydrogen) atoms. The normalized spacial score (nSPS) is 12.8. The lowest BCUT2D eigenvalue weighted by Gasteiger charge is -2.25. The summed E-state index contributed by atoms with van der Waals surface area (Å²) in [6, 6.07) is 13.6. The molecule has 0 aliphatic heterocycles. The number of aryl methyl sites for hydroxylation is 2. The topological polar surface area (TPSA) is 83.4 Å². The molecule has 0 radical (unpaired) electrons. The fourth-order valence-corrected chi connectivity index (χ4v) is 4.35. The predicted octanol–water partition coefficient (Wildman–Crippen LogP) is 3.91. The van der Waals surface area contributed by atoms with Crippen LogP contribution >= 0.6 is 0 Å². The number of nitrogens with one attached hydrogen (secondary N) is 2. The average molecular weight is 526 g/mol. The van der Waals surface area contributed by atoms with Gasteiger partial charge in [-0.15, -0.1) is 0 Å². The van der Waals surface area contributed by atoms with Gasteiger partial charge >= 0.3 is 0 Å². The van der Waals surface area contributed by atoms with E-state index in [1.165, 1.54) is 23.8 Å². The number of carbonyl (C=O) groups is 1. The number of benzene rings is 2. The third kappa shape index (κ3) is 9.19. The third-order valence-electron chi connectivity index (χ3n) is 6.45. The van der Waals surface area contributed by atoms with E-state index in [9.17, 15) is 23.5 Å². The van der Waals surface area contributed by atoms with Crippen LogP contribution in [0.4, 0.5) is 8.78 Å². The van der Waals surface area contributed by atoms with Gasteiger partial charge in [0.2, 0.25) is 5.91 Å². The van der Waals surface area contributed by atoms with Crippen LogP contribution in [0.25, 0.3) is 0 Å². The van der Waals surface area contributed by atoms with Gasteiger partial charge in [-0.05, 0) is 59.7 Å². The van der Waals surface area contributed by atoms with Crippen LogP contribution in [0.15, 0.2) is 65.6 Å². The second kappa shape index (κ2) is 14.5. The Labute approximate surface area is 222 Å². The van der Waals surface area contributed by atoms with E-state index in [-0.39, 0.29) is 24.9 Å². The molecule has 0 spiro atoms. The molecule has 1 amide bonds. The number of rotatable bonds is 14. The monoisotopic (exact) mass is 525 g/mol. The smallest absolute Gasteiger partial charge is 0.250 e. The molecule has 0 bridgehead atoms. The molecule has 3 N–H and O–H groups in total. The van der Waals surface area contributed by atoms with Gasteiger partial charge in [-0.1, -0.05) is 44.5 Å². The summed E-state index contributed by atoms with van der Waals surface area (Å²) in [5.41, 5.74) is 2.98. The van der Waals surface area contributed by atoms with E-state index in [2.05, 4.69) is 29.7 Å². The molecule has 0 fully saturated rings. The maximum atomic E-state index is 13.8. The first-order chi connectivity index (χ1) is 18.3. The molecule has 0 aliphatic carbocycles. The second-order valence-electron chi connectivity index (χ2n) is 9.62. The van der Waals surface area contributed by atoms with Crippen molar-refractivity contribution in [3.63, 3.8) is 0 Å². The van der Waals surface area contributed by atoms with Gasteiger partial charge in [0.25, 0.3) is 5.56 Å². The van der Waals surface area contributed by atoms with E-state index in [0.29, 0.717) is 24.2 Å². The number of halogens is 2. The molecular weight excluding hydrogens is 488 g/mol. The van der Waals surface area contributed by atoms with Gasteiger partial charge in [0.1, 0.15) is 11.6 Å². The number of aliphatic hydroxyl groups is 1. The van der Waals surface area contributed by atoms with Crippen LogP contribution in [0.3, 0.4) is 0 Å². The first-order valence-electron chi connectivity index (χ1n) is 13.2. The Morgan fingerprint density at radius 3 is 2.39 bits per heavy atom. The van der Waals surface area contributed by atoms with Gasteiger partial charge in [0.05, 0.1) is 18.6 Å². The van der Waals surface area contributed by atoms with Crippen molar-refractivity contribution < 1.29 is 18.7 Å². The summed E-state index contributed by atoms with van der Waals surface area (Å²) in [6.45, 7) is 5.43. The zero-order valence-electron chi connectivity index (χ0n) is 22.1.